The molecule has 1 aromatic heterocycles. The number of aromatic nitrogens is 1. The van der Waals surface area contributed by atoms with Crippen LogP contribution in [0.25, 0.3) is 0 Å². The largest absolute Gasteiger partial charge is 0.481 e. The van der Waals surface area contributed by atoms with E-state index in [2.05, 4.69) is 30.7 Å². The van der Waals surface area contributed by atoms with E-state index in [0.717, 1.165) is 12.3 Å². The van der Waals surface area contributed by atoms with Crippen LogP contribution in [0.4, 0.5) is 0 Å². The van der Waals surface area contributed by atoms with Crippen LogP contribution in [-0.2, 0) is 21.5 Å². The average Bonchev–Trinajstić information content (AvgIpc) is 2.76. The first kappa shape index (κ1) is 15.0. The van der Waals surface area contributed by atoms with Crippen molar-refractivity contribution in [3.05, 3.63) is 17.8 Å². The van der Waals surface area contributed by atoms with Crippen LogP contribution >= 0.6 is 0 Å². The van der Waals surface area contributed by atoms with Crippen molar-refractivity contribution < 1.29 is 19.1 Å². The van der Waals surface area contributed by atoms with Gasteiger partial charge in [-0.3, -0.25) is 9.69 Å². The third kappa shape index (κ3) is 4.05. The second-order valence-electron chi connectivity index (χ2n) is 6.19. The molecular weight excluding hydrogens is 260 g/mol. The van der Waals surface area contributed by atoms with Crippen molar-refractivity contribution in [2.24, 2.45) is 0 Å². The van der Waals surface area contributed by atoms with Gasteiger partial charge in [-0.1, -0.05) is 20.8 Å². The highest BCUT2D eigenvalue weighted by Gasteiger charge is 2.25. The second-order valence-corrected chi connectivity index (χ2v) is 6.19. The van der Waals surface area contributed by atoms with Gasteiger partial charge < -0.3 is 14.3 Å². The Morgan fingerprint density at radius 2 is 2.30 bits per heavy atom. The second kappa shape index (κ2) is 5.93. The van der Waals surface area contributed by atoms with Gasteiger partial charge in [0, 0.05) is 18.5 Å². The fourth-order valence-corrected chi connectivity index (χ4v) is 2.16. The van der Waals surface area contributed by atoms with E-state index in [1.54, 1.807) is 6.20 Å². The fraction of sp³-hybridized carbons (Fsp3) is 0.714. The molecule has 0 spiro atoms. The predicted octanol–water partition coefficient (Wildman–Crippen LogP) is 1.65. The van der Waals surface area contributed by atoms with Gasteiger partial charge in [0.15, 0.2) is 0 Å². The fourth-order valence-electron chi connectivity index (χ4n) is 2.16. The van der Waals surface area contributed by atoms with Crippen molar-refractivity contribution in [3.8, 4) is 0 Å². The summed E-state index contributed by atoms with van der Waals surface area (Å²) in [6.07, 6.45) is 1.55. The van der Waals surface area contributed by atoms with Gasteiger partial charge in [0.2, 0.25) is 5.89 Å². The third-order valence-corrected chi connectivity index (χ3v) is 3.28. The molecule has 0 bridgehead atoms. The summed E-state index contributed by atoms with van der Waals surface area (Å²) in [5, 5.41) is 8.81. The molecule has 20 heavy (non-hydrogen) atoms. The minimum Gasteiger partial charge on any atom is -0.481 e. The lowest BCUT2D eigenvalue weighted by Crippen LogP contribution is -2.42. The third-order valence-electron chi connectivity index (χ3n) is 3.28. The highest BCUT2D eigenvalue weighted by molar-refractivity contribution is 5.67. The maximum Gasteiger partial charge on any atom is 0.306 e. The lowest BCUT2D eigenvalue weighted by atomic mass is 9.94. The van der Waals surface area contributed by atoms with E-state index in [1.807, 2.05) is 0 Å². The van der Waals surface area contributed by atoms with Gasteiger partial charge in [-0.15, -0.1) is 0 Å². The van der Waals surface area contributed by atoms with Crippen LogP contribution in [0.2, 0.25) is 0 Å². The molecule has 2 heterocycles. The van der Waals surface area contributed by atoms with Crippen LogP contribution in [0.15, 0.2) is 10.6 Å². The molecule has 0 saturated carbocycles. The van der Waals surface area contributed by atoms with Crippen molar-refractivity contribution in [3.63, 3.8) is 0 Å². The van der Waals surface area contributed by atoms with E-state index in [9.17, 15) is 4.79 Å². The van der Waals surface area contributed by atoms with Gasteiger partial charge in [-0.25, -0.2) is 4.98 Å². The van der Waals surface area contributed by atoms with Crippen molar-refractivity contribution in [1.29, 1.82) is 0 Å². The van der Waals surface area contributed by atoms with Gasteiger partial charge in [-0.2, -0.15) is 0 Å². The Balaban J connectivity index is 1.92. The SMILES string of the molecule is CC(C)(C)c1cnc(CN2CCOC(CC(=O)O)C2)o1. The van der Waals surface area contributed by atoms with Crippen LogP contribution < -0.4 is 0 Å². The molecule has 0 aliphatic carbocycles. The van der Waals surface area contributed by atoms with Gasteiger partial charge in [-0.05, 0) is 0 Å². The zero-order chi connectivity index (χ0) is 14.8. The van der Waals surface area contributed by atoms with Crippen LogP contribution in [0.1, 0.15) is 38.8 Å². The first-order valence-electron chi connectivity index (χ1n) is 6.85. The summed E-state index contributed by atoms with van der Waals surface area (Å²) in [5.74, 6) is 0.705. The molecule has 1 saturated heterocycles. The van der Waals surface area contributed by atoms with Crippen LogP contribution in [0.3, 0.4) is 0 Å². The number of ether oxygens (including phenoxy) is 1. The highest BCUT2D eigenvalue weighted by atomic mass is 16.5. The Kier molecular flexibility index (Phi) is 4.45. The van der Waals surface area contributed by atoms with Crippen molar-refractivity contribution in [2.45, 2.75) is 45.3 Å². The van der Waals surface area contributed by atoms with E-state index >= 15 is 0 Å². The predicted molar refractivity (Wildman–Crippen MR) is 72.5 cm³/mol. The summed E-state index contributed by atoms with van der Waals surface area (Å²) < 4.78 is 11.2. The van der Waals surface area contributed by atoms with Crippen LogP contribution in [0, 0.1) is 0 Å². The molecule has 1 aliphatic heterocycles. The van der Waals surface area contributed by atoms with E-state index in [1.165, 1.54) is 0 Å². The molecule has 6 heteroatoms. The van der Waals surface area contributed by atoms with E-state index in [-0.39, 0.29) is 17.9 Å². The number of carbonyl (C=O) groups is 1. The van der Waals surface area contributed by atoms with E-state index < -0.39 is 5.97 Å². The molecule has 0 amide bonds. The average molecular weight is 282 g/mol. The van der Waals surface area contributed by atoms with Crippen LogP contribution in [-0.4, -0.2) is 46.8 Å². The summed E-state index contributed by atoms with van der Waals surface area (Å²) in [4.78, 5) is 17.1. The molecule has 1 aliphatic rings. The van der Waals surface area contributed by atoms with E-state index in [0.29, 0.717) is 25.6 Å². The number of aliphatic carboxylic acids is 1. The molecule has 1 N–H and O–H groups in total. The number of morpholine rings is 1. The highest BCUT2D eigenvalue weighted by Crippen LogP contribution is 2.23. The first-order valence-corrected chi connectivity index (χ1v) is 6.85. The molecule has 6 nitrogen and oxygen atoms in total. The number of oxazole rings is 1. The summed E-state index contributed by atoms with van der Waals surface area (Å²) in [5.41, 5.74) is -0.0535. The molecule has 0 aromatic carbocycles. The zero-order valence-electron chi connectivity index (χ0n) is 12.3. The smallest absolute Gasteiger partial charge is 0.306 e. The lowest BCUT2D eigenvalue weighted by Gasteiger charge is -2.31. The standard InChI is InChI=1S/C14H22N2O4/c1-14(2,3)11-7-15-12(20-11)9-16-4-5-19-10(8-16)6-13(17)18/h7,10H,4-6,8-9H2,1-3H3,(H,17,18). The Bertz CT molecular complexity index is 464. The minimum atomic E-state index is -0.831. The van der Waals surface area contributed by atoms with Gasteiger partial charge in [0.05, 0.1) is 31.9 Å². The summed E-state index contributed by atoms with van der Waals surface area (Å²) in [6.45, 7) is 8.74. The topological polar surface area (TPSA) is 75.8 Å². The quantitative estimate of drug-likeness (QED) is 0.905. The molecule has 0 radical (unpaired) electrons. The number of hydrogen-bond acceptors (Lipinski definition) is 5. The molecule has 2 rings (SSSR count). The molecule has 1 fully saturated rings. The number of nitrogens with zero attached hydrogens (tertiary/aromatic N) is 2. The molecule has 1 aromatic rings. The molecule has 1 unspecified atom stereocenters. The van der Waals surface area contributed by atoms with E-state index in [4.69, 9.17) is 14.3 Å². The molecular formula is C14H22N2O4. The molecule has 1 atom stereocenters. The van der Waals surface area contributed by atoms with Crippen molar-refractivity contribution >= 4 is 5.97 Å². The minimum absolute atomic E-state index is 0.0370. The van der Waals surface area contributed by atoms with Crippen molar-refractivity contribution in [2.75, 3.05) is 19.7 Å². The van der Waals surface area contributed by atoms with Crippen molar-refractivity contribution in [1.82, 2.24) is 9.88 Å². The monoisotopic (exact) mass is 282 g/mol. The zero-order valence-corrected chi connectivity index (χ0v) is 12.3. The first-order chi connectivity index (χ1) is 9.34. The Hall–Kier alpha value is -1.40. The lowest BCUT2D eigenvalue weighted by molar-refractivity contribution is -0.142. The van der Waals surface area contributed by atoms with Crippen LogP contribution in [0.5, 0.6) is 0 Å². The maximum atomic E-state index is 10.7. The molecule has 112 valence electrons. The number of carboxylic acid groups (broad SMARTS) is 1. The summed E-state index contributed by atoms with van der Waals surface area (Å²) in [7, 11) is 0. The number of hydrogen-bond donors (Lipinski definition) is 1. The Morgan fingerprint density at radius 1 is 1.55 bits per heavy atom. The maximum absolute atomic E-state index is 10.7. The summed E-state index contributed by atoms with van der Waals surface area (Å²) >= 11 is 0. The van der Waals surface area contributed by atoms with Gasteiger partial charge in [0.25, 0.3) is 0 Å². The number of carboxylic acids is 1. The number of rotatable bonds is 4. The normalized spacial score (nSPS) is 21.1. The van der Waals surface area contributed by atoms with Gasteiger partial charge >= 0.3 is 5.97 Å². The summed E-state index contributed by atoms with van der Waals surface area (Å²) in [6, 6.07) is 0. The van der Waals surface area contributed by atoms with Gasteiger partial charge in [0.1, 0.15) is 5.76 Å². The Labute approximate surface area is 118 Å². The Morgan fingerprint density at radius 3 is 2.90 bits per heavy atom.